The first-order chi connectivity index (χ1) is 8.43. The summed E-state index contributed by atoms with van der Waals surface area (Å²) >= 11 is 3.07. The maximum absolute atomic E-state index is 10.7. The predicted octanol–water partition coefficient (Wildman–Crippen LogP) is 2.77. The van der Waals surface area contributed by atoms with Gasteiger partial charge in [-0.15, -0.1) is 0 Å². The van der Waals surface area contributed by atoms with Gasteiger partial charge in [-0.05, 0) is 35.0 Å². The van der Waals surface area contributed by atoms with Gasteiger partial charge in [0.2, 0.25) is 0 Å². The van der Waals surface area contributed by atoms with Crippen molar-refractivity contribution in [3.8, 4) is 5.75 Å². The fraction of sp³-hybridized carbons (Fsp3) is 0.182. The monoisotopic (exact) mass is 315 g/mol. The molecule has 18 heavy (non-hydrogen) atoms. The van der Waals surface area contributed by atoms with Crippen LogP contribution in [0.25, 0.3) is 0 Å². The SMILES string of the molecule is C/C(=C/COc1cccc([N+](=O)[O-])c1Br)C(=O)O. The zero-order valence-electron chi connectivity index (χ0n) is 9.42. The fourth-order valence-electron chi connectivity index (χ4n) is 1.10. The van der Waals surface area contributed by atoms with Gasteiger partial charge in [-0.2, -0.15) is 0 Å². The van der Waals surface area contributed by atoms with Gasteiger partial charge in [0.1, 0.15) is 16.8 Å². The van der Waals surface area contributed by atoms with E-state index >= 15 is 0 Å². The highest BCUT2D eigenvalue weighted by Crippen LogP contribution is 2.33. The van der Waals surface area contributed by atoms with Gasteiger partial charge in [0, 0.05) is 11.6 Å². The van der Waals surface area contributed by atoms with Crippen LogP contribution < -0.4 is 4.74 Å². The number of benzene rings is 1. The van der Waals surface area contributed by atoms with Gasteiger partial charge in [0.05, 0.1) is 4.92 Å². The molecule has 1 N–H and O–H groups in total. The van der Waals surface area contributed by atoms with E-state index in [0.717, 1.165) is 0 Å². The van der Waals surface area contributed by atoms with Crippen LogP contribution in [0.3, 0.4) is 0 Å². The van der Waals surface area contributed by atoms with Crippen molar-refractivity contribution in [1.29, 1.82) is 0 Å². The van der Waals surface area contributed by atoms with Crippen molar-refractivity contribution in [3.05, 3.63) is 44.4 Å². The highest BCUT2D eigenvalue weighted by atomic mass is 79.9. The van der Waals surface area contributed by atoms with Gasteiger partial charge >= 0.3 is 5.97 Å². The van der Waals surface area contributed by atoms with Gasteiger partial charge in [0.25, 0.3) is 5.69 Å². The molecule has 0 saturated heterocycles. The summed E-state index contributed by atoms with van der Waals surface area (Å²) in [5.41, 5.74) is 0.0444. The van der Waals surface area contributed by atoms with E-state index in [1.165, 1.54) is 25.1 Å². The molecule has 96 valence electrons. The van der Waals surface area contributed by atoms with Crippen molar-refractivity contribution in [2.24, 2.45) is 0 Å². The summed E-state index contributed by atoms with van der Waals surface area (Å²) < 4.78 is 5.49. The van der Waals surface area contributed by atoms with Crippen molar-refractivity contribution in [1.82, 2.24) is 0 Å². The number of nitro groups is 1. The van der Waals surface area contributed by atoms with Crippen LogP contribution in [0.15, 0.2) is 34.3 Å². The van der Waals surface area contributed by atoms with Crippen LogP contribution in [0.2, 0.25) is 0 Å². The minimum Gasteiger partial charge on any atom is -0.488 e. The minimum absolute atomic E-state index is 0.0257. The summed E-state index contributed by atoms with van der Waals surface area (Å²) in [5, 5.41) is 19.3. The predicted molar refractivity (Wildman–Crippen MR) is 67.7 cm³/mol. The Labute approximate surface area is 111 Å². The lowest BCUT2D eigenvalue weighted by Gasteiger charge is -2.06. The summed E-state index contributed by atoms with van der Waals surface area (Å²) in [6, 6.07) is 4.39. The summed E-state index contributed by atoms with van der Waals surface area (Å²) in [7, 11) is 0. The lowest BCUT2D eigenvalue weighted by molar-refractivity contribution is -0.385. The summed E-state index contributed by atoms with van der Waals surface area (Å²) in [6.07, 6.45) is 1.38. The lowest BCUT2D eigenvalue weighted by Crippen LogP contribution is -2.01. The Morgan fingerprint density at radius 3 is 2.83 bits per heavy atom. The molecule has 6 nitrogen and oxygen atoms in total. The number of ether oxygens (including phenoxy) is 1. The molecule has 1 rings (SSSR count). The van der Waals surface area contributed by atoms with Crippen molar-refractivity contribution in [2.45, 2.75) is 6.92 Å². The Balaban J connectivity index is 2.81. The van der Waals surface area contributed by atoms with Crippen LogP contribution >= 0.6 is 15.9 Å². The summed E-state index contributed by atoms with van der Waals surface area (Å²) in [4.78, 5) is 20.7. The van der Waals surface area contributed by atoms with E-state index in [1.54, 1.807) is 6.07 Å². The molecule has 0 heterocycles. The maximum atomic E-state index is 10.7. The molecule has 0 aromatic heterocycles. The smallest absolute Gasteiger partial charge is 0.331 e. The molecular weight excluding hydrogens is 306 g/mol. The number of nitrogens with zero attached hydrogens (tertiary/aromatic N) is 1. The Kier molecular flexibility index (Phi) is 4.85. The molecule has 0 unspecified atom stereocenters. The number of hydrogen-bond acceptors (Lipinski definition) is 4. The average molecular weight is 316 g/mol. The quantitative estimate of drug-likeness (QED) is 0.512. The second-order valence-corrected chi connectivity index (χ2v) is 4.14. The first-order valence-electron chi connectivity index (χ1n) is 4.89. The average Bonchev–Trinajstić information content (AvgIpc) is 2.30. The fourth-order valence-corrected chi connectivity index (χ4v) is 1.62. The molecule has 0 fully saturated rings. The second kappa shape index (κ2) is 6.15. The van der Waals surface area contributed by atoms with Crippen LogP contribution in [0.5, 0.6) is 5.75 Å². The number of rotatable bonds is 5. The topological polar surface area (TPSA) is 89.7 Å². The lowest BCUT2D eigenvalue weighted by atomic mass is 10.3. The number of carboxylic acid groups (broad SMARTS) is 1. The number of carboxylic acids is 1. The molecule has 0 spiro atoms. The van der Waals surface area contributed by atoms with Crippen LogP contribution in [-0.2, 0) is 4.79 Å². The second-order valence-electron chi connectivity index (χ2n) is 3.35. The highest BCUT2D eigenvalue weighted by Gasteiger charge is 2.15. The van der Waals surface area contributed by atoms with Crippen molar-refractivity contribution in [3.63, 3.8) is 0 Å². The van der Waals surface area contributed by atoms with E-state index in [4.69, 9.17) is 9.84 Å². The molecule has 0 radical (unpaired) electrons. The van der Waals surface area contributed by atoms with Crippen LogP contribution in [0.4, 0.5) is 5.69 Å². The van der Waals surface area contributed by atoms with Crippen LogP contribution in [-0.4, -0.2) is 22.6 Å². The van der Waals surface area contributed by atoms with Gasteiger partial charge in [-0.3, -0.25) is 10.1 Å². The molecule has 0 bridgehead atoms. The first kappa shape index (κ1) is 14.2. The molecule has 0 aliphatic heterocycles. The van der Waals surface area contributed by atoms with E-state index in [1.807, 2.05) is 0 Å². The zero-order chi connectivity index (χ0) is 13.7. The summed E-state index contributed by atoms with van der Waals surface area (Å²) in [5.74, 6) is -0.740. The molecular formula is C11H10BrNO5. The van der Waals surface area contributed by atoms with Gasteiger partial charge in [-0.1, -0.05) is 6.07 Å². The maximum Gasteiger partial charge on any atom is 0.331 e. The largest absolute Gasteiger partial charge is 0.488 e. The third-order valence-electron chi connectivity index (χ3n) is 2.11. The molecule has 0 aliphatic carbocycles. The number of nitro benzene ring substituents is 1. The number of carbonyl (C=O) groups is 1. The van der Waals surface area contributed by atoms with Crippen LogP contribution in [0.1, 0.15) is 6.92 Å². The highest BCUT2D eigenvalue weighted by molar-refractivity contribution is 9.10. The molecule has 1 aromatic rings. The van der Waals surface area contributed by atoms with E-state index in [2.05, 4.69) is 15.9 Å². The Morgan fingerprint density at radius 2 is 2.28 bits per heavy atom. The first-order valence-corrected chi connectivity index (χ1v) is 5.68. The number of aliphatic carboxylic acids is 1. The third kappa shape index (κ3) is 3.56. The van der Waals surface area contributed by atoms with Crippen molar-refractivity contribution in [2.75, 3.05) is 6.61 Å². The Morgan fingerprint density at radius 1 is 1.61 bits per heavy atom. The Hall–Kier alpha value is -1.89. The molecule has 1 aromatic carbocycles. The number of halogens is 1. The standard InChI is InChI=1S/C11H10BrNO5/c1-7(11(14)15)5-6-18-9-4-2-3-8(10(9)12)13(16)17/h2-5H,6H2,1H3,(H,14,15)/b7-5-. The number of hydrogen-bond donors (Lipinski definition) is 1. The Bertz CT molecular complexity index is 512. The molecule has 0 aliphatic rings. The van der Waals surface area contributed by atoms with E-state index in [9.17, 15) is 14.9 Å². The van der Waals surface area contributed by atoms with Crippen molar-refractivity contribution < 1.29 is 19.6 Å². The van der Waals surface area contributed by atoms with E-state index in [-0.39, 0.29) is 22.3 Å². The van der Waals surface area contributed by atoms with E-state index in [0.29, 0.717) is 5.75 Å². The molecule has 0 saturated carbocycles. The molecule has 0 amide bonds. The van der Waals surface area contributed by atoms with Gasteiger partial charge in [-0.25, -0.2) is 4.79 Å². The minimum atomic E-state index is -1.03. The van der Waals surface area contributed by atoms with Gasteiger partial charge < -0.3 is 9.84 Å². The molecule has 7 heteroatoms. The molecule has 0 atom stereocenters. The zero-order valence-corrected chi connectivity index (χ0v) is 11.0. The van der Waals surface area contributed by atoms with Crippen molar-refractivity contribution >= 4 is 27.6 Å². The van der Waals surface area contributed by atoms with E-state index < -0.39 is 10.9 Å². The van der Waals surface area contributed by atoms with Crippen LogP contribution in [0, 0.1) is 10.1 Å². The summed E-state index contributed by atoms with van der Waals surface area (Å²) in [6.45, 7) is 1.46. The third-order valence-corrected chi connectivity index (χ3v) is 2.90. The normalized spacial score (nSPS) is 11.1. The van der Waals surface area contributed by atoms with Gasteiger partial charge in [0.15, 0.2) is 0 Å².